The molecule has 32 heavy (non-hydrogen) atoms. The zero-order valence-electron chi connectivity index (χ0n) is 17.3. The number of tetrazole rings is 1. The van der Waals surface area contributed by atoms with E-state index in [1.165, 1.54) is 16.3 Å². The predicted molar refractivity (Wildman–Crippen MR) is 119 cm³/mol. The van der Waals surface area contributed by atoms with Crippen molar-refractivity contribution in [3.63, 3.8) is 0 Å². The zero-order chi connectivity index (χ0) is 22.2. The van der Waals surface area contributed by atoms with Crippen molar-refractivity contribution in [2.24, 2.45) is 7.05 Å². The van der Waals surface area contributed by atoms with E-state index in [4.69, 9.17) is 0 Å². The number of hydrogen-bond acceptors (Lipinski definition) is 7. The molecule has 11 heteroatoms. The summed E-state index contributed by atoms with van der Waals surface area (Å²) in [5.74, 6) is 0. The van der Waals surface area contributed by atoms with Gasteiger partial charge in [0.2, 0.25) is 5.16 Å². The highest BCUT2D eigenvalue weighted by atomic mass is 32.2. The minimum atomic E-state index is -0.520. The molecule has 160 valence electrons. The van der Waals surface area contributed by atoms with E-state index in [1.54, 1.807) is 16.3 Å². The highest BCUT2D eigenvalue weighted by Crippen LogP contribution is 2.29. The third-order valence-corrected chi connectivity index (χ3v) is 5.95. The van der Waals surface area contributed by atoms with Crippen molar-refractivity contribution in [2.45, 2.75) is 23.8 Å². The molecule has 0 amide bonds. The Balaban J connectivity index is 1.67. The molecule has 0 fully saturated rings. The number of aromatic amines is 1. The van der Waals surface area contributed by atoms with Gasteiger partial charge in [0, 0.05) is 7.05 Å². The molecule has 0 atom stereocenters. The highest BCUT2D eigenvalue weighted by Gasteiger charge is 2.21. The van der Waals surface area contributed by atoms with Crippen LogP contribution in [0.2, 0.25) is 0 Å². The number of aryl methyl sites for hydroxylation is 2. The lowest BCUT2D eigenvalue weighted by molar-refractivity contribution is 0.718. The number of benzene rings is 2. The molecule has 0 spiro atoms. The molecule has 0 bridgehead atoms. The van der Waals surface area contributed by atoms with Crippen LogP contribution in [0.5, 0.6) is 0 Å². The third-order valence-electron chi connectivity index (χ3n) is 5.02. The van der Waals surface area contributed by atoms with Gasteiger partial charge in [-0.15, -0.1) is 5.10 Å². The Morgan fingerprint density at radius 3 is 2.62 bits per heavy atom. The minimum Gasteiger partial charge on any atom is -0.308 e. The Bertz CT molecular complexity index is 1550. The molecule has 0 aliphatic carbocycles. The maximum absolute atomic E-state index is 12.7. The van der Waals surface area contributed by atoms with E-state index >= 15 is 0 Å². The van der Waals surface area contributed by atoms with Crippen LogP contribution in [-0.2, 0) is 13.6 Å². The van der Waals surface area contributed by atoms with Gasteiger partial charge in [-0.25, -0.2) is 9.78 Å². The first-order valence-corrected chi connectivity index (χ1v) is 10.6. The van der Waals surface area contributed by atoms with Crippen molar-refractivity contribution in [2.75, 3.05) is 0 Å². The van der Waals surface area contributed by atoms with Crippen LogP contribution < -0.4 is 11.2 Å². The fourth-order valence-corrected chi connectivity index (χ4v) is 4.35. The number of rotatable bonds is 5. The second-order valence-electron chi connectivity index (χ2n) is 7.27. The molecule has 0 aliphatic rings. The zero-order valence-corrected chi connectivity index (χ0v) is 18.1. The number of nitrogens with one attached hydrogen (secondary N) is 1. The van der Waals surface area contributed by atoms with Gasteiger partial charge in [-0.05, 0) is 46.8 Å². The summed E-state index contributed by atoms with van der Waals surface area (Å²) < 4.78 is 4.72. The molecule has 5 rings (SSSR count). The molecule has 0 unspecified atom stereocenters. The summed E-state index contributed by atoms with van der Waals surface area (Å²) in [5, 5.41) is 13.0. The normalized spacial score (nSPS) is 11.3. The molecular weight excluding hydrogens is 428 g/mol. The van der Waals surface area contributed by atoms with Crippen LogP contribution in [0.25, 0.3) is 16.9 Å². The van der Waals surface area contributed by atoms with Gasteiger partial charge in [-0.1, -0.05) is 48.0 Å². The maximum atomic E-state index is 12.7. The van der Waals surface area contributed by atoms with Crippen molar-refractivity contribution in [3.8, 4) is 5.69 Å². The lowest BCUT2D eigenvalue weighted by Gasteiger charge is -2.09. The highest BCUT2D eigenvalue weighted by molar-refractivity contribution is 7.99. The van der Waals surface area contributed by atoms with Crippen LogP contribution in [0.3, 0.4) is 0 Å². The average Bonchev–Trinajstić information content (AvgIpc) is 3.38. The second kappa shape index (κ2) is 7.93. The second-order valence-corrected chi connectivity index (χ2v) is 8.21. The Kier molecular flexibility index (Phi) is 4.94. The van der Waals surface area contributed by atoms with E-state index < -0.39 is 11.2 Å². The predicted octanol–water partition coefficient (Wildman–Crippen LogP) is 1.91. The van der Waals surface area contributed by atoms with Crippen molar-refractivity contribution >= 4 is 22.9 Å². The number of para-hydroxylation sites is 1. The quantitative estimate of drug-likeness (QED) is 0.438. The average molecular weight is 446 g/mol. The number of fused-ring (bicyclic) bond motifs is 1. The summed E-state index contributed by atoms with van der Waals surface area (Å²) in [5.41, 5.74) is 2.51. The fourth-order valence-electron chi connectivity index (χ4n) is 3.49. The smallest absolute Gasteiger partial charge is 0.308 e. The molecule has 0 radical (unpaired) electrons. The van der Waals surface area contributed by atoms with E-state index in [2.05, 4.69) is 25.5 Å². The van der Waals surface area contributed by atoms with Crippen molar-refractivity contribution in [3.05, 3.63) is 86.6 Å². The van der Waals surface area contributed by atoms with Crippen LogP contribution in [-0.4, -0.2) is 39.3 Å². The molecular formula is C21H18N8O2S. The number of nitrogens with zero attached hydrogens (tertiary/aromatic N) is 7. The van der Waals surface area contributed by atoms with Crippen molar-refractivity contribution in [1.29, 1.82) is 0 Å². The van der Waals surface area contributed by atoms with E-state index in [0.29, 0.717) is 28.0 Å². The molecule has 0 saturated heterocycles. The van der Waals surface area contributed by atoms with Crippen molar-refractivity contribution in [1.82, 2.24) is 39.3 Å². The van der Waals surface area contributed by atoms with Crippen molar-refractivity contribution < 1.29 is 0 Å². The van der Waals surface area contributed by atoms with Gasteiger partial charge in [0.25, 0.3) is 5.56 Å². The van der Waals surface area contributed by atoms with Gasteiger partial charge in [-0.3, -0.25) is 14.3 Å². The Morgan fingerprint density at radius 2 is 1.84 bits per heavy atom. The van der Waals surface area contributed by atoms with Crippen LogP contribution in [0.1, 0.15) is 11.1 Å². The first-order valence-electron chi connectivity index (χ1n) is 9.78. The summed E-state index contributed by atoms with van der Waals surface area (Å²) in [4.78, 5) is 31.9. The Labute approximate surface area is 185 Å². The van der Waals surface area contributed by atoms with Crippen LogP contribution in [0.15, 0.2) is 74.5 Å². The molecule has 10 nitrogen and oxygen atoms in total. The molecule has 2 aromatic carbocycles. The van der Waals surface area contributed by atoms with E-state index in [9.17, 15) is 9.59 Å². The first-order chi connectivity index (χ1) is 15.5. The summed E-state index contributed by atoms with van der Waals surface area (Å²) >= 11 is 1.23. The van der Waals surface area contributed by atoms with Gasteiger partial charge in [0.1, 0.15) is 0 Å². The van der Waals surface area contributed by atoms with Gasteiger partial charge in [0.15, 0.2) is 16.3 Å². The van der Waals surface area contributed by atoms with Gasteiger partial charge in [-0.2, -0.15) is 4.68 Å². The van der Waals surface area contributed by atoms with E-state index in [0.717, 1.165) is 16.8 Å². The SMILES string of the molecule is Cc1cccc(Cn2c(Sc3nnnn3-c3ccccc3)nc3c2c(=O)[nH]c(=O)n3C)c1. The topological polar surface area (TPSA) is 116 Å². The van der Waals surface area contributed by atoms with E-state index in [-0.39, 0.29) is 0 Å². The molecule has 0 saturated carbocycles. The van der Waals surface area contributed by atoms with Gasteiger partial charge < -0.3 is 4.57 Å². The summed E-state index contributed by atoms with van der Waals surface area (Å²) in [6.07, 6.45) is 0. The monoisotopic (exact) mass is 446 g/mol. The largest absolute Gasteiger partial charge is 0.329 e. The molecule has 3 aromatic heterocycles. The summed E-state index contributed by atoms with van der Waals surface area (Å²) in [6.45, 7) is 2.41. The summed E-state index contributed by atoms with van der Waals surface area (Å²) in [7, 11) is 1.58. The van der Waals surface area contributed by atoms with Gasteiger partial charge in [0.05, 0.1) is 12.2 Å². The third kappa shape index (κ3) is 3.52. The van der Waals surface area contributed by atoms with Gasteiger partial charge >= 0.3 is 5.69 Å². The first kappa shape index (κ1) is 19.9. The summed E-state index contributed by atoms with van der Waals surface area (Å²) in [6, 6.07) is 17.5. The minimum absolute atomic E-state index is 0.299. The number of imidazole rings is 1. The molecule has 5 aromatic rings. The molecule has 1 N–H and O–H groups in total. The lowest BCUT2D eigenvalue weighted by Crippen LogP contribution is -2.29. The van der Waals surface area contributed by atoms with Crippen LogP contribution in [0, 0.1) is 6.92 Å². The van der Waals surface area contributed by atoms with Crippen LogP contribution in [0.4, 0.5) is 0 Å². The number of hydrogen-bond donors (Lipinski definition) is 1. The lowest BCUT2D eigenvalue weighted by atomic mass is 10.1. The maximum Gasteiger partial charge on any atom is 0.329 e. The Hall–Kier alpha value is -3.99. The molecule has 3 heterocycles. The fraction of sp³-hybridized carbons (Fsp3) is 0.143. The standard InChI is InChI=1S/C21H18N8O2S/c1-13-7-6-8-14(11-13)12-28-16-17(27(2)19(31)23-18(16)30)22-20(28)32-21-24-25-26-29(21)15-9-4-3-5-10-15/h3-11H,12H2,1-2H3,(H,23,30,31). The molecule has 0 aliphatic heterocycles. The number of H-pyrrole nitrogens is 1. The number of aromatic nitrogens is 8. The Morgan fingerprint density at radius 1 is 1.03 bits per heavy atom. The van der Waals surface area contributed by atoms with Crippen LogP contribution >= 0.6 is 11.8 Å². The van der Waals surface area contributed by atoms with E-state index in [1.807, 2.05) is 61.5 Å².